The molecular weight excluding hydrogens is 326 g/mol. The van der Waals surface area contributed by atoms with Crippen LogP contribution in [0.25, 0.3) is 5.57 Å². The van der Waals surface area contributed by atoms with Crippen molar-refractivity contribution in [2.24, 2.45) is 17.8 Å². The molecule has 0 amide bonds. The molecule has 0 aliphatic heterocycles. The van der Waals surface area contributed by atoms with Gasteiger partial charge in [-0.15, -0.1) is 0 Å². The summed E-state index contributed by atoms with van der Waals surface area (Å²) in [6.45, 7) is 6.44. The van der Waals surface area contributed by atoms with Gasteiger partial charge in [0.05, 0.1) is 0 Å². The van der Waals surface area contributed by atoms with Crippen LogP contribution in [0.4, 0.5) is 8.78 Å². The van der Waals surface area contributed by atoms with E-state index in [1.54, 1.807) is 6.07 Å². The number of benzene rings is 1. The van der Waals surface area contributed by atoms with Gasteiger partial charge in [0.15, 0.2) is 11.6 Å². The first-order valence-electron chi connectivity index (χ1n) is 10.7. The molecule has 144 valence electrons. The van der Waals surface area contributed by atoms with Crippen molar-refractivity contribution in [1.29, 1.82) is 0 Å². The smallest absolute Gasteiger partial charge is 0.166 e. The monoisotopic (exact) mass is 360 g/mol. The molecule has 0 nitrogen and oxygen atoms in total. The Morgan fingerprint density at radius 2 is 1.65 bits per heavy atom. The summed E-state index contributed by atoms with van der Waals surface area (Å²) in [6.07, 6.45) is 11.3. The Hall–Kier alpha value is -1.18. The molecule has 0 bridgehead atoms. The van der Waals surface area contributed by atoms with Crippen molar-refractivity contribution in [2.45, 2.75) is 85.0 Å². The largest absolute Gasteiger partial charge is 0.203 e. The second-order valence-electron chi connectivity index (χ2n) is 8.60. The maximum Gasteiger partial charge on any atom is 0.166 e. The van der Waals surface area contributed by atoms with Gasteiger partial charge in [-0.1, -0.05) is 57.2 Å². The van der Waals surface area contributed by atoms with Crippen molar-refractivity contribution in [1.82, 2.24) is 0 Å². The molecule has 0 aromatic heterocycles. The third-order valence-corrected chi connectivity index (χ3v) is 6.99. The number of hydrogen-bond donors (Lipinski definition) is 0. The highest BCUT2D eigenvalue weighted by molar-refractivity contribution is 5.70. The molecular formula is C24H34F2. The minimum atomic E-state index is -0.635. The zero-order valence-corrected chi connectivity index (χ0v) is 16.7. The fourth-order valence-electron chi connectivity index (χ4n) is 5.28. The Morgan fingerprint density at radius 3 is 2.27 bits per heavy atom. The van der Waals surface area contributed by atoms with E-state index >= 15 is 0 Å². The van der Waals surface area contributed by atoms with E-state index in [1.165, 1.54) is 37.7 Å². The van der Waals surface area contributed by atoms with Gasteiger partial charge in [-0.05, 0) is 74.3 Å². The summed E-state index contributed by atoms with van der Waals surface area (Å²) in [5.41, 5.74) is 3.35. The van der Waals surface area contributed by atoms with Crippen molar-refractivity contribution in [3.8, 4) is 0 Å². The van der Waals surface area contributed by atoms with Crippen molar-refractivity contribution >= 4 is 5.57 Å². The van der Waals surface area contributed by atoms with Gasteiger partial charge in [0.25, 0.3) is 0 Å². The topological polar surface area (TPSA) is 0 Å². The average Bonchev–Trinajstić information content (AvgIpc) is 2.66. The van der Waals surface area contributed by atoms with E-state index in [0.29, 0.717) is 17.5 Å². The van der Waals surface area contributed by atoms with E-state index < -0.39 is 11.6 Å². The van der Waals surface area contributed by atoms with Gasteiger partial charge < -0.3 is 0 Å². The molecule has 2 heteroatoms. The van der Waals surface area contributed by atoms with Crippen LogP contribution in [0.2, 0.25) is 0 Å². The highest BCUT2D eigenvalue weighted by Crippen LogP contribution is 2.44. The fourth-order valence-corrected chi connectivity index (χ4v) is 5.28. The number of aryl methyl sites for hydroxylation is 1. The molecule has 1 fully saturated rings. The quantitative estimate of drug-likeness (QED) is 0.504. The number of allylic oxidation sites excluding steroid dienone is 2. The predicted octanol–water partition coefficient (Wildman–Crippen LogP) is 7.71. The van der Waals surface area contributed by atoms with Gasteiger partial charge in [-0.3, -0.25) is 0 Å². The van der Waals surface area contributed by atoms with Crippen molar-refractivity contribution < 1.29 is 8.78 Å². The summed E-state index contributed by atoms with van der Waals surface area (Å²) in [7, 11) is 0. The normalized spacial score (nSPS) is 27.0. The zero-order chi connectivity index (χ0) is 18.7. The molecule has 1 aromatic carbocycles. The molecule has 3 rings (SSSR count). The van der Waals surface area contributed by atoms with Crippen LogP contribution in [0.5, 0.6) is 0 Å². The van der Waals surface area contributed by atoms with Crippen LogP contribution in [0, 0.1) is 29.4 Å². The molecule has 1 atom stereocenters. The Bertz CT molecular complexity index is 650. The Labute approximate surface area is 158 Å². The van der Waals surface area contributed by atoms with Crippen molar-refractivity contribution in [3.05, 3.63) is 40.5 Å². The van der Waals surface area contributed by atoms with Crippen LogP contribution in [-0.4, -0.2) is 0 Å². The first kappa shape index (κ1) is 19.6. The summed E-state index contributed by atoms with van der Waals surface area (Å²) in [5.74, 6) is 1.24. The minimum absolute atomic E-state index is 0.507. The second-order valence-corrected chi connectivity index (χ2v) is 8.60. The predicted molar refractivity (Wildman–Crippen MR) is 106 cm³/mol. The average molecular weight is 361 g/mol. The highest BCUT2D eigenvalue weighted by Gasteiger charge is 2.30. The SMILES string of the molecule is CCCc1ccc(C2=C(C)CC(C3CCC(CC)CC3)CC2)c(F)c1F. The molecule has 1 unspecified atom stereocenters. The summed E-state index contributed by atoms with van der Waals surface area (Å²) < 4.78 is 29.0. The van der Waals surface area contributed by atoms with Crippen LogP contribution in [-0.2, 0) is 6.42 Å². The Kier molecular flexibility index (Phi) is 6.53. The zero-order valence-electron chi connectivity index (χ0n) is 16.7. The lowest BCUT2D eigenvalue weighted by atomic mass is 9.69. The van der Waals surface area contributed by atoms with Gasteiger partial charge in [0, 0.05) is 5.56 Å². The van der Waals surface area contributed by atoms with Crippen LogP contribution in [0.15, 0.2) is 17.7 Å². The number of hydrogen-bond acceptors (Lipinski definition) is 0. The maximum absolute atomic E-state index is 14.7. The Balaban J connectivity index is 1.74. The minimum Gasteiger partial charge on any atom is -0.203 e. The lowest BCUT2D eigenvalue weighted by molar-refractivity contribution is 0.190. The van der Waals surface area contributed by atoms with Gasteiger partial charge in [-0.2, -0.15) is 0 Å². The maximum atomic E-state index is 14.7. The molecule has 0 radical (unpaired) electrons. The summed E-state index contributed by atoms with van der Waals surface area (Å²) in [4.78, 5) is 0. The molecule has 0 N–H and O–H groups in total. The van der Waals surface area contributed by atoms with Crippen LogP contribution in [0.1, 0.15) is 89.7 Å². The van der Waals surface area contributed by atoms with Gasteiger partial charge >= 0.3 is 0 Å². The first-order chi connectivity index (χ1) is 12.5. The lowest BCUT2D eigenvalue weighted by Crippen LogP contribution is -2.24. The van der Waals surface area contributed by atoms with Gasteiger partial charge in [-0.25, -0.2) is 8.78 Å². The number of rotatable bonds is 5. The number of halogens is 2. The third kappa shape index (κ3) is 4.05. The van der Waals surface area contributed by atoms with E-state index in [9.17, 15) is 8.78 Å². The Morgan fingerprint density at radius 1 is 0.923 bits per heavy atom. The van der Waals surface area contributed by atoms with Crippen molar-refractivity contribution in [3.63, 3.8) is 0 Å². The molecule has 1 saturated carbocycles. The van der Waals surface area contributed by atoms with Gasteiger partial charge in [0.1, 0.15) is 0 Å². The third-order valence-electron chi connectivity index (χ3n) is 6.99. The van der Waals surface area contributed by atoms with Crippen molar-refractivity contribution in [2.75, 3.05) is 0 Å². The standard InChI is InChI=1S/C24H34F2/c1-4-6-19-11-14-22(24(26)23(19)25)21-13-12-20(15-16(21)3)18-9-7-17(5-2)8-10-18/h11,14,17-18,20H,4-10,12-13,15H2,1-3H3. The van der Waals surface area contributed by atoms with Crippen LogP contribution < -0.4 is 0 Å². The van der Waals surface area contributed by atoms with Crippen LogP contribution >= 0.6 is 0 Å². The summed E-state index contributed by atoms with van der Waals surface area (Å²) in [5, 5.41) is 0. The molecule has 26 heavy (non-hydrogen) atoms. The van der Waals surface area contributed by atoms with E-state index in [1.807, 2.05) is 13.0 Å². The fraction of sp³-hybridized carbons (Fsp3) is 0.667. The highest BCUT2D eigenvalue weighted by atomic mass is 19.2. The van der Waals surface area contributed by atoms with E-state index in [0.717, 1.165) is 49.0 Å². The lowest BCUT2D eigenvalue weighted by Gasteiger charge is -2.36. The van der Waals surface area contributed by atoms with Crippen LogP contribution in [0.3, 0.4) is 0 Å². The van der Waals surface area contributed by atoms with Gasteiger partial charge in [0.2, 0.25) is 0 Å². The molecule has 2 aliphatic rings. The summed E-state index contributed by atoms with van der Waals surface area (Å²) in [6, 6.07) is 3.60. The second kappa shape index (κ2) is 8.67. The molecule has 0 heterocycles. The molecule has 2 aliphatic carbocycles. The van der Waals surface area contributed by atoms with E-state index in [4.69, 9.17) is 0 Å². The first-order valence-corrected chi connectivity index (χ1v) is 10.7. The molecule has 0 spiro atoms. The van der Waals surface area contributed by atoms with E-state index in [2.05, 4.69) is 13.8 Å². The summed E-state index contributed by atoms with van der Waals surface area (Å²) >= 11 is 0. The van der Waals surface area contributed by atoms with E-state index in [-0.39, 0.29) is 0 Å². The molecule has 0 saturated heterocycles. The molecule has 1 aromatic rings.